The normalized spacial score (nSPS) is 23.0. The van der Waals surface area contributed by atoms with E-state index in [9.17, 15) is 13.2 Å². The van der Waals surface area contributed by atoms with Gasteiger partial charge in [0.2, 0.25) is 5.91 Å². The van der Waals surface area contributed by atoms with Crippen molar-refractivity contribution in [2.45, 2.75) is 19.4 Å². The van der Waals surface area contributed by atoms with E-state index in [2.05, 4.69) is 42.5 Å². The summed E-state index contributed by atoms with van der Waals surface area (Å²) in [6, 6.07) is 14.9. The summed E-state index contributed by atoms with van der Waals surface area (Å²) >= 11 is 0. The Morgan fingerprint density at radius 2 is 1.81 bits per heavy atom. The van der Waals surface area contributed by atoms with Crippen molar-refractivity contribution < 1.29 is 18.1 Å². The standard InChI is InChI=1S/C21H26N2O3S/c24-21(14-17-8-13-27(25,26)16-17)23-11-9-22(10-12-23)15-19-6-3-5-18-4-1-2-7-20(18)19/h1-7,17H,8-16H2/p+1/t17-/m1/s1. The number of fused-ring (bicyclic) bond motifs is 1. The molecule has 0 saturated carbocycles. The smallest absolute Gasteiger partial charge is 0.223 e. The molecule has 2 aliphatic rings. The lowest BCUT2D eigenvalue weighted by Crippen LogP contribution is -3.13. The third kappa shape index (κ3) is 4.33. The lowest BCUT2D eigenvalue weighted by molar-refractivity contribution is -0.917. The van der Waals surface area contributed by atoms with Crippen molar-refractivity contribution in [1.82, 2.24) is 4.90 Å². The van der Waals surface area contributed by atoms with Crippen LogP contribution in [0.5, 0.6) is 0 Å². The molecule has 1 N–H and O–H groups in total. The molecule has 0 aliphatic carbocycles. The first kappa shape index (κ1) is 18.4. The van der Waals surface area contributed by atoms with Gasteiger partial charge in [-0.1, -0.05) is 42.5 Å². The van der Waals surface area contributed by atoms with E-state index in [1.807, 2.05) is 4.90 Å². The molecule has 0 radical (unpaired) electrons. The summed E-state index contributed by atoms with van der Waals surface area (Å²) in [7, 11) is -2.91. The number of amides is 1. The molecule has 6 heteroatoms. The number of nitrogens with zero attached hydrogens (tertiary/aromatic N) is 1. The number of rotatable bonds is 4. The van der Waals surface area contributed by atoms with Gasteiger partial charge < -0.3 is 9.80 Å². The second-order valence-electron chi connectivity index (χ2n) is 7.92. The van der Waals surface area contributed by atoms with Gasteiger partial charge in [0, 0.05) is 12.0 Å². The van der Waals surface area contributed by atoms with E-state index in [-0.39, 0.29) is 23.3 Å². The summed E-state index contributed by atoms with van der Waals surface area (Å²) in [5.41, 5.74) is 1.36. The van der Waals surface area contributed by atoms with Crippen molar-refractivity contribution in [3.05, 3.63) is 48.0 Å². The highest BCUT2D eigenvalue weighted by Crippen LogP contribution is 2.22. The molecule has 27 heavy (non-hydrogen) atoms. The fourth-order valence-electron chi connectivity index (χ4n) is 4.37. The van der Waals surface area contributed by atoms with Crippen LogP contribution < -0.4 is 4.90 Å². The van der Waals surface area contributed by atoms with Crippen LogP contribution in [0.4, 0.5) is 0 Å². The van der Waals surface area contributed by atoms with Crippen LogP contribution in [0.1, 0.15) is 18.4 Å². The minimum Gasteiger partial charge on any atom is -0.331 e. The van der Waals surface area contributed by atoms with Crippen molar-refractivity contribution in [1.29, 1.82) is 0 Å². The maximum Gasteiger partial charge on any atom is 0.223 e. The number of hydrogen-bond donors (Lipinski definition) is 1. The van der Waals surface area contributed by atoms with Crippen molar-refractivity contribution >= 4 is 26.5 Å². The van der Waals surface area contributed by atoms with E-state index in [0.717, 1.165) is 32.7 Å². The summed E-state index contributed by atoms with van der Waals surface area (Å²) in [5.74, 6) is 0.573. The molecule has 2 heterocycles. The topological polar surface area (TPSA) is 58.9 Å². The Morgan fingerprint density at radius 3 is 2.56 bits per heavy atom. The number of carbonyl (C=O) groups excluding carboxylic acids is 1. The highest BCUT2D eigenvalue weighted by Gasteiger charge is 2.32. The summed E-state index contributed by atoms with van der Waals surface area (Å²) in [6.45, 7) is 4.39. The Bertz CT molecular complexity index is 928. The molecular formula is C21H27N2O3S+. The van der Waals surface area contributed by atoms with Crippen LogP contribution in [-0.4, -0.2) is 56.9 Å². The first-order valence-electron chi connectivity index (χ1n) is 9.78. The van der Waals surface area contributed by atoms with Gasteiger partial charge in [-0.2, -0.15) is 0 Å². The molecule has 0 spiro atoms. The lowest BCUT2D eigenvalue weighted by atomic mass is 10.0. The molecule has 0 aromatic heterocycles. The average Bonchev–Trinajstić information content (AvgIpc) is 3.01. The van der Waals surface area contributed by atoms with Crippen LogP contribution in [0.3, 0.4) is 0 Å². The van der Waals surface area contributed by atoms with Gasteiger partial charge in [0.25, 0.3) is 0 Å². The molecule has 2 saturated heterocycles. The number of nitrogens with one attached hydrogen (secondary N) is 1. The van der Waals surface area contributed by atoms with Gasteiger partial charge in [0.1, 0.15) is 6.54 Å². The molecule has 2 fully saturated rings. The lowest BCUT2D eigenvalue weighted by Gasteiger charge is -2.33. The average molecular weight is 388 g/mol. The summed E-state index contributed by atoms with van der Waals surface area (Å²) in [5, 5.41) is 2.59. The predicted molar refractivity (Wildman–Crippen MR) is 106 cm³/mol. The van der Waals surface area contributed by atoms with Gasteiger partial charge in [0.05, 0.1) is 37.7 Å². The number of hydrogen-bond acceptors (Lipinski definition) is 3. The Hall–Kier alpha value is -1.92. The zero-order valence-corrected chi connectivity index (χ0v) is 16.4. The number of quaternary nitrogens is 1. The Morgan fingerprint density at radius 1 is 1.07 bits per heavy atom. The molecule has 0 bridgehead atoms. The molecule has 1 amide bonds. The van der Waals surface area contributed by atoms with Crippen molar-refractivity contribution in [2.24, 2.45) is 5.92 Å². The first-order valence-corrected chi connectivity index (χ1v) is 11.6. The number of piperazine rings is 1. The van der Waals surface area contributed by atoms with Gasteiger partial charge >= 0.3 is 0 Å². The monoisotopic (exact) mass is 387 g/mol. The minimum absolute atomic E-state index is 0.0172. The van der Waals surface area contributed by atoms with E-state index in [4.69, 9.17) is 0 Å². The zero-order valence-electron chi connectivity index (χ0n) is 15.6. The van der Waals surface area contributed by atoms with Gasteiger partial charge in [-0.05, 0) is 23.1 Å². The van der Waals surface area contributed by atoms with E-state index < -0.39 is 9.84 Å². The SMILES string of the molecule is O=C(C[C@H]1CCS(=O)(=O)C1)N1CC[NH+](Cc2cccc3ccccc23)CC1. The molecule has 2 aromatic rings. The van der Waals surface area contributed by atoms with Crippen molar-refractivity contribution in [2.75, 3.05) is 37.7 Å². The van der Waals surface area contributed by atoms with E-state index in [1.165, 1.54) is 21.2 Å². The molecular weight excluding hydrogens is 360 g/mol. The van der Waals surface area contributed by atoms with Crippen LogP contribution in [-0.2, 0) is 21.2 Å². The largest absolute Gasteiger partial charge is 0.331 e. The molecule has 5 nitrogen and oxygen atoms in total. The van der Waals surface area contributed by atoms with Gasteiger partial charge in [-0.25, -0.2) is 8.42 Å². The van der Waals surface area contributed by atoms with Crippen LogP contribution in [0.25, 0.3) is 10.8 Å². The van der Waals surface area contributed by atoms with Gasteiger partial charge in [-0.3, -0.25) is 4.79 Å². The third-order valence-electron chi connectivity index (χ3n) is 5.93. The Balaban J connectivity index is 1.32. The van der Waals surface area contributed by atoms with Crippen molar-refractivity contribution in [3.8, 4) is 0 Å². The Kier molecular flexibility index (Phi) is 5.19. The molecule has 4 rings (SSSR count). The van der Waals surface area contributed by atoms with Gasteiger partial charge in [0.15, 0.2) is 9.84 Å². The van der Waals surface area contributed by atoms with Crippen LogP contribution in [0.15, 0.2) is 42.5 Å². The molecule has 2 aliphatic heterocycles. The fourth-order valence-corrected chi connectivity index (χ4v) is 6.24. The first-order chi connectivity index (χ1) is 13.0. The molecule has 2 aromatic carbocycles. The molecule has 144 valence electrons. The van der Waals surface area contributed by atoms with Crippen molar-refractivity contribution in [3.63, 3.8) is 0 Å². The molecule has 0 unspecified atom stereocenters. The maximum absolute atomic E-state index is 12.5. The summed E-state index contributed by atoms with van der Waals surface area (Å²) in [6.07, 6.45) is 1.03. The quantitative estimate of drug-likeness (QED) is 0.848. The highest BCUT2D eigenvalue weighted by molar-refractivity contribution is 7.91. The summed E-state index contributed by atoms with van der Waals surface area (Å²) in [4.78, 5) is 16.0. The summed E-state index contributed by atoms with van der Waals surface area (Å²) < 4.78 is 23.2. The van der Waals surface area contributed by atoms with Crippen LogP contribution in [0.2, 0.25) is 0 Å². The maximum atomic E-state index is 12.5. The fraction of sp³-hybridized carbons (Fsp3) is 0.476. The predicted octanol–water partition coefficient (Wildman–Crippen LogP) is 0.892. The Labute approximate surface area is 160 Å². The molecule has 1 atom stereocenters. The second-order valence-corrected chi connectivity index (χ2v) is 10.1. The van der Waals surface area contributed by atoms with Crippen LogP contribution in [0, 0.1) is 5.92 Å². The zero-order chi connectivity index (χ0) is 18.9. The van der Waals surface area contributed by atoms with E-state index >= 15 is 0 Å². The minimum atomic E-state index is -2.91. The third-order valence-corrected chi connectivity index (χ3v) is 7.77. The second kappa shape index (κ2) is 7.60. The number of benzene rings is 2. The number of carbonyl (C=O) groups is 1. The van der Waals surface area contributed by atoms with E-state index in [0.29, 0.717) is 12.8 Å². The van der Waals surface area contributed by atoms with E-state index in [1.54, 1.807) is 0 Å². The van der Waals surface area contributed by atoms with Crippen LogP contribution >= 0.6 is 0 Å². The number of sulfone groups is 1. The highest BCUT2D eigenvalue weighted by atomic mass is 32.2. The van der Waals surface area contributed by atoms with Gasteiger partial charge in [-0.15, -0.1) is 0 Å².